The summed E-state index contributed by atoms with van der Waals surface area (Å²) in [5, 5.41) is 5.15. The van der Waals surface area contributed by atoms with E-state index in [9.17, 15) is 9.59 Å². The first-order chi connectivity index (χ1) is 12.8. The molecular formula is C19H30N4O4+2. The third kappa shape index (κ3) is 5.83. The van der Waals surface area contributed by atoms with Crippen LogP contribution in [0.25, 0.3) is 0 Å². The van der Waals surface area contributed by atoms with Gasteiger partial charge in [-0.3, -0.25) is 10.1 Å². The molecule has 1 fully saturated rings. The van der Waals surface area contributed by atoms with Crippen LogP contribution in [0.3, 0.4) is 0 Å². The van der Waals surface area contributed by atoms with Crippen LogP contribution in [0.1, 0.15) is 26.3 Å². The van der Waals surface area contributed by atoms with Gasteiger partial charge in [0.05, 0.1) is 0 Å². The number of rotatable bonds is 4. The van der Waals surface area contributed by atoms with Crippen molar-refractivity contribution < 1.29 is 28.9 Å². The Hall–Kier alpha value is -2.32. The number of amides is 3. The lowest BCUT2D eigenvalue weighted by Crippen LogP contribution is -3.28. The van der Waals surface area contributed by atoms with E-state index in [1.54, 1.807) is 0 Å². The van der Waals surface area contributed by atoms with Gasteiger partial charge in [-0.1, -0.05) is 0 Å². The minimum absolute atomic E-state index is 0.231. The van der Waals surface area contributed by atoms with E-state index in [0.717, 1.165) is 44.2 Å². The van der Waals surface area contributed by atoms with Crippen LogP contribution in [0.2, 0.25) is 0 Å². The Labute approximate surface area is 159 Å². The molecule has 2 aliphatic rings. The van der Waals surface area contributed by atoms with Crippen molar-refractivity contribution >= 4 is 11.9 Å². The second-order valence-electron chi connectivity index (χ2n) is 8.29. The van der Waals surface area contributed by atoms with Crippen LogP contribution in [0.15, 0.2) is 18.2 Å². The lowest BCUT2D eigenvalue weighted by molar-refractivity contribution is -1.02. The molecule has 1 aromatic rings. The van der Waals surface area contributed by atoms with Gasteiger partial charge >= 0.3 is 6.03 Å². The number of imide groups is 1. The highest BCUT2D eigenvalue weighted by atomic mass is 16.7. The third-order valence-corrected chi connectivity index (χ3v) is 4.71. The minimum Gasteiger partial charge on any atom is -0.454 e. The fraction of sp³-hybridized carbons (Fsp3) is 0.579. The van der Waals surface area contributed by atoms with Crippen LogP contribution in [-0.2, 0) is 11.3 Å². The van der Waals surface area contributed by atoms with Crippen LogP contribution in [0.4, 0.5) is 4.79 Å². The Morgan fingerprint density at radius 1 is 1.04 bits per heavy atom. The zero-order valence-electron chi connectivity index (χ0n) is 16.3. The zero-order chi connectivity index (χ0) is 19.4. The molecular weight excluding hydrogens is 348 g/mol. The quantitative estimate of drug-likeness (QED) is 0.504. The van der Waals surface area contributed by atoms with Crippen molar-refractivity contribution in [1.29, 1.82) is 0 Å². The van der Waals surface area contributed by atoms with Crippen molar-refractivity contribution in [3.63, 3.8) is 0 Å². The van der Waals surface area contributed by atoms with Gasteiger partial charge in [-0.05, 0) is 39.0 Å². The highest BCUT2D eigenvalue weighted by Crippen LogP contribution is 2.32. The van der Waals surface area contributed by atoms with E-state index in [4.69, 9.17) is 9.47 Å². The minimum atomic E-state index is -0.432. The van der Waals surface area contributed by atoms with E-state index in [1.165, 1.54) is 15.4 Å². The summed E-state index contributed by atoms with van der Waals surface area (Å²) < 4.78 is 10.8. The predicted octanol–water partition coefficient (Wildman–Crippen LogP) is -1.68. The molecule has 0 unspecified atom stereocenters. The number of nitrogens with one attached hydrogen (secondary N) is 4. The monoisotopic (exact) mass is 378 g/mol. The van der Waals surface area contributed by atoms with Gasteiger partial charge in [-0.25, -0.2) is 4.79 Å². The number of ether oxygens (including phenoxy) is 2. The van der Waals surface area contributed by atoms with E-state index in [2.05, 4.69) is 22.8 Å². The topological polar surface area (TPSA) is 85.5 Å². The molecule has 4 N–H and O–H groups in total. The first-order valence-electron chi connectivity index (χ1n) is 9.46. The molecule has 3 amide bonds. The van der Waals surface area contributed by atoms with Gasteiger partial charge < -0.3 is 24.6 Å². The van der Waals surface area contributed by atoms with Gasteiger partial charge in [0, 0.05) is 11.1 Å². The number of urea groups is 1. The van der Waals surface area contributed by atoms with Gasteiger partial charge in [0.2, 0.25) is 6.79 Å². The number of piperazine rings is 1. The van der Waals surface area contributed by atoms with Crippen LogP contribution in [-0.4, -0.2) is 57.0 Å². The summed E-state index contributed by atoms with van der Waals surface area (Å²) in [5.41, 5.74) is 0.871. The second-order valence-corrected chi connectivity index (χ2v) is 8.29. The molecule has 0 aliphatic carbocycles. The molecule has 2 heterocycles. The highest BCUT2D eigenvalue weighted by molar-refractivity contribution is 5.94. The lowest BCUT2D eigenvalue weighted by Gasteiger charge is -2.29. The predicted molar refractivity (Wildman–Crippen MR) is 99.0 cm³/mol. The smallest absolute Gasteiger partial charge is 0.322 e. The molecule has 1 aromatic carbocycles. The Kier molecular flexibility index (Phi) is 5.86. The van der Waals surface area contributed by atoms with Crippen molar-refractivity contribution in [2.75, 3.05) is 39.5 Å². The maximum Gasteiger partial charge on any atom is 0.322 e. The number of carbonyl (C=O) groups is 2. The molecule has 2 aliphatic heterocycles. The second kappa shape index (κ2) is 8.14. The molecule has 8 heteroatoms. The van der Waals surface area contributed by atoms with Gasteiger partial charge in [0.1, 0.15) is 32.7 Å². The molecule has 8 nitrogen and oxygen atoms in total. The summed E-state index contributed by atoms with van der Waals surface area (Å²) in [5.74, 6) is 1.40. The molecule has 0 radical (unpaired) electrons. The maximum atomic E-state index is 12.1. The molecule has 0 atom stereocenters. The molecule has 1 saturated heterocycles. The Bertz CT molecular complexity index is 693. The van der Waals surface area contributed by atoms with E-state index < -0.39 is 6.03 Å². The highest BCUT2D eigenvalue weighted by Gasteiger charge is 2.26. The first-order valence-corrected chi connectivity index (χ1v) is 9.46. The largest absolute Gasteiger partial charge is 0.454 e. The van der Waals surface area contributed by atoms with E-state index in [-0.39, 0.29) is 11.4 Å². The summed E-state index contributed by atoms with van der Waals surface area (Å²) in [7, 11) is 0. The zero-order valence-corrected chi connectivity index (χ0v) is 16.3. The van der Waals surface area contributed by atoms with Crippen LogP contribution in [0, 0.1) is 0 Å². The number of quaternary nitrogens is 2. The third-order valence-electron chi connectivity index (χ3n) is 4.71. The van der Waals surface area contributed by atoms with E-state index in [1.807, 2.05) is 26.8 Å². The molecule has 0 aromatic heterocycles. The SMILES string of the molecule is CC(C)(C)NC(=O)NC(=O)C[NH+]1CC[NH+](Cc2ccc3c(c2)OCO3)CC1. The van der Waals surface area contributed by atoms with Crippen molar-refractivity contribution in [1.82, 2.24) is 10.6 Å². The lowest BCUT2D eigenvalue weighted by atomic mass is 10.1. The summed E-state index contributed by atoms with van der Waals surface area (Å²) in [6.45, 7) is 11.0. The molecule has 148 valence electrons. The number of hydrogen-bond acceptors (Lipinski definition) is 4. The van der Waals surface area contributed by atoms with Crippen LogP contribution in [0.5, 0.6) is 11.5 Å². The van der Waals surface area contributed by atoms with Crippen molar-refractivity contribution in [3.8, 4) is 11.5 Å². The molecule has 0 saturated carbocycles. The molecule has 0 bridgehead atoms. The van der Waals surface area contributed by atoms with E-state index in [0.29, 0.717) is 13.3 Å². The van der Waals surface area contributed by atoms with Crippen LogP contribution >= 0.6 is 0 Å². The Morgan fingerprint density at radius 2 is 1.70 bits per heavy atom. The van der Waals surface area contributed by atoms with Crippen molar-refractivity contribution in [2.24, 2.45) is 0 Å². The Morgan fingerprint density at radius 3 is 2.41 bits per heavy atom. The number of carbonyl (C=O) groups excluding carboxylic acids is 2. The van der Waals surface area contributed by atoms with Gasteiger partial charge in [0.15, 0.2) is 18.0 Å². The maximum absolute atomic E-state index is 12.1. The standard InChI is InChI=1S/C19H28N4O4/c1-19(2,3)21-18(25)20-17(24)12-23-8-6-22(7-9-23)11-14-4-5-15-16(10-14)27-13-26-15/h4-5,10H,6-9,11-13H2,1-3H3,(H2,20,21,24,25)/p+2. The van der Waals surface area contributed by atoms with Crippen LogP contribution < -0.4 is 29.9 Å². The van der Waals surface area contributed by atoms with Gasteiger partial charge in [-0.2, -0.15) is 0 Å². The summed E-state index contributed by atoms with van der Waals surface area (Å²) in [6, 6.07) is 5.67. The summed E-state index contributed by atoms with van der Waals surface area (Å²) >= 11 is 0. The Balaban J connectivity index is 1.40. The first kappa shape index (κ1) is 19.4. The average Bonchev–Trinajstić information content (AvgIpc) is 3.02. The van der Waals surface area contributed by atoms with Gasteiger partial charge in [-0.15, -0.1) is 0 Å². The normalized spacial score (nSPS) is 21.6. The number of fused-ring (bicyclic) bond motifs is 1. The van der Waals surface area contributed by atoms with E-state index >= 15 is 0 Å². The fourth-order valence-corrected chi connectivity index (χ4v) is 3.42. The van der Waals surface area contributed by atoms with Gasteiger partial charge in [0.25, 0.3) is 5.91 Å². The fourth-order valence-electron chi connectivity index (χ4n) is 3.42. The molecule has 27 heavy (non-hydrogen) atoms. The number of hydrogen-bond donors (Lipinski definition) is 4. The number of benzene rings is 1. The molecule has 0 spiro atoms. The summed E-state index contributed by atoms with van der Waals surface area (Å²) in [4.78, 5) is 26.5. The van der Waals surface area contributed by atoms with Crippen molar-refractivity contribution in [2.45, 2.75) is 32.9 Å². The average molecular weight is 378 g/mol. The van der Waals surface area contributed by atoms with Crippen molar-refractivity contribution in [3.05, 3.63) is 23.8 Å². The molecule has 3 rings (SSSR count). The summed E-state index contributed by atoms with van der Waals surface area (Å²) in [6.07, 6.45) is 0.